The minimum Gasteiger partial charge on any atom is -0.364 e. The van der Waals surface area contributed by atoms with E-state index in [0.717, 1.165) is 0 Å². The predicted octanol–water partition coefficient (Wildman–Crippen LogP) is 0.101. The van der Waals surface area contributed by atoms with Crippen molar-refractivity contribution in [2.24, 2.45) is 5.73 Å². The summed E-state index contributed by atoms with van der Waals surface area (Å²) in [5, 5.41) is 8.25. The lowest BCUT2D eigenvalue weighted by molar-refractivity contribution is 0.0995. The zero-order valence-corrected chi connectivity index (χ0v) is 6.54. The molecule has 0 aliphatic heterocycles. The Labute approximate surface area is 72.8 Å². The fourth-order valence-electron chi connectivity index (χ4n) is 0.601. The summed E-state index contributed by atoms with van der Waals surface area (Å²) in [7, 11) is 0. The van der Waals surface area contributed by atoms with Crippen LogP contribution >= 0.6 is 11.6 Å². The van der Waals surface area contributed by atoms with E-state index in [1.807, 2.05) is 0 Å². The fourth-order valence-corrected chi connectivity index (χ4v) is 0.783. The number of primary amides is 1. The summed E-state index contributed by atoms with van der Waals surface area (Å²) in [5.74, 6) is -0.740. The molecular formula is C6H3ClN4O. The molecule has 0 unspecified atom stereocenters. The molecule has 6 heteroatoms. The van der Waals surface area contributed by atoms with Crippen molar-refractivity contribution in [2.45, 2.75) is 0 Å². The third-order valence-electron chi connectivity index (χ3n) is 1.07. The number of hydrogen-bond acceptors (Lipinski definition) is 4. The first-order valence-electron chi connectivity index (χ1n) is 2.88. The molecule has 0 saturated carbocycles. The van der Waals surface area contributed by atoms with E-state index in [4.69, 9.17) is 22.6 Å². The number of nitrogens with zero attached hydrogens (tertiary/aromatic N) is 3. The van der Waals surface area contributed by atoms with Crippen LogP contribution in [0.5, 0.6) is 0 Å². The Kier molecular flexibility index (Phi) is 2.21. The average Bonchev–Trinajstić information content (AvgIpc) is 2.03. The third kappa shape index (κ3) is 1.68. The molecule has 2 N–H and O–H groups in total. The summed E-state index contributed by atoms with van der Waals surface area (Å²) in [5.41, 5.74) is 4.86. The summed E-state index contributed by atoms with van der Waals surface area (Å²) in [4.78, 5) is 17.6. The van der Waals surface area contributed by atoms with Gasteiger partial charge in [-0.2, -0.15) is 5.26 Å². The molecule has 0 spiro atoms. The molecule has 1 rings (SSSR count). The number of amides is 1. The number of nitrogens with two attached hydrogens (primary N) is 1. The topological polar surface area (TPSA) is 92.7 Å². The Morgan fingerprint density at radius 3 is 2.83 bits per heavy atom. The van der Waals surface area contributed by atoms with Gasteiger partial charge in [0.1, 0.15) is 17.5 Å². The van der Waals surface area contributed by atoms with E-state index in [9.17, 15) is 4.79 Å². The van der Waals surface area contributed by atoms with Crippen molar-refractivity contribution in [1.29, 1.82) is 5.26 Å². The van der Waals surface area contributed by atoms with Crippen LogP contribution in [0.2, 0.25) is 5.28 Å². The van der Waals surface area contributed by atoms with Gasteiger partial charge in [-0.05, 0) is 11.6 Å². The van der Waals surface area contributed by atoms with Gasteiger partial charge in [-0.3, -0.25) is 4.79 Å². The van der Waals surface area contributed by atoms with E-state index < -0.39 is 5.91 Å². The van der Waals surface area contributed by atoms with E-state index in [0.29, 0.717) is 0 Å². The van der Waals surface area contributed by atoms with Gasteiger partial charge in [-0.1, -0.05) is 0 Å². The van der Waals surface area contributed by atoms with Gasteiger partial charge < -0.3 is 5.73 Å². The minimum absolute atomic E-state index is 0.0174. The summed E-state index contributed by atoms with van der Waals surface area (Å²) < 4.78 is 0. The van der Waals surface area contributed by atoms with Gasteiger partial charge in [-0.25, -0.2) is 9.97 Å². The van der Waals surface area contributed by atoms with Gasteiger partial charge in [0.2, 0.25) is 5.28 Å². The lowest BCUT2D eigenvalue weighted by atomic mass is 10.3. The van der Waals surface area contributed by atoms with Crippen LogP contribution in [0.4, 0.5) is 0 Å². The molecule has 0 aliphatic rings. The highest BCUT2D eigenvalue weighted by atomic mass is 35.5. The van der Waals surface area contributed by atoms with Crippen molar-refractivity contribution in [3.8, 4) is 6.07 Å². The molecule has 0 bridgehead atoms. The Morgan fingerprint density at radius 2 is 2.33 bits per heavy atom. The van der Waals surface area contributed by atoms with Gasteiger partial charge in [0.15, 0.2) is 0 Å². The summed E-state index contributed by atoms with van der Waals surface area (Å²) in [6, 6.07) is 2.89. The summed E-state index contributed by atoms with van der Waals surface area (Å²) in [6.45, 7) is 0. The van der Waals surface area contributed by atoms with E-state index in [1.165, 1.54) is 6.07 Å². The highest BCUT2D eigenvalue weighted by Crippen LogP contribution is 2.04. The largest absolute Gasteiger partial charge is 0.364 e. The van der Waals surface area contributed by atoms with Crippen molar-refractivity contribution in [1.82, 2.24) is 9.97 Å². The minimum atomic E-state index is -0.740. The van der Waals surface area contributed by atoms with Crippen LogP contribution in [-0.2, 0) is 0 Å². The molecule has 1 amide bonds. The Morgan fingerprint density at radius 1 is 1.67 bits per heavy atom. The van der Waals surface area contributed by atoms with Crippen molar-refractivity contribution in [2.75, 3.05) is 0 Å². The molecule has 1 aromatic rings. The van der Waals surface area contributed by atoms with Crippen molar-refractivity contribution >= 4 is 17.5 Å². The highest BCUT2D eigenvalue weighted by molar-refractivity contribution is 6.28. The first kappa shape index (κ1) is 8.43. The second kappa shape index (κ2) is 3.15. The number of carbonyl (C=O) groups excluding carboxylic acids is 1. The lowest BCUT2D eigenvalue weighted by Crippen LogP contribution is -2.13. The maximum Gasteiger partial charge on any atom is 0.267 e. The van der Waals surface area contributed by atoms with E-state index in [1.54, 1.807) is 6.07 Å². The van der Waals surface area contributed by atoms with Crippen LogP contribution in [0.1, 0.15) is 16.2 Å². The second-order valence-corrected chi connectivity index (χ2v) is 2.22. The number of hydrogen-bond donors (Lipinski definition) is 1. The molecule has 0 saturated heterocycles. The average molecular weight is 183 g/mol. The molecule has 1 aromatic heterocycles. The number of rotatable bonds is 1. The van der Waals surface area contributed by atoms with Crippen LogP contribution in [0, 0.1) is 11.3 Å². The van der Waals surface area contributed by atoms with Gasteiger partial charge in [0.25, 0.3) is 5.91 Å². The van der Waals surface area contributed by atoms with Crippen molar-refractivity contribution < 1.29 is 4.79 Å². The normalized spacial score (nSPS) is 9.00. The van der Waals surface area contributed by atoms with E-state index in [-0.39, 0.29) is 16.7 Å². The monoisotopic (exact) mass is 182 g/mol. The molecule has 5 nitrogen and oxygen atoms in total. The highest BCUT2D eigenvalue weighted by Gasteiger charge is 2.06. The van der Waals surface area contributed by atoms with Gasteiger partial charge in [0, 0.05) is 6.07 Å². The van der Waals surface area contributed by atoms with E-state index >= 15 is 0 Å². The first-order valence-corrected chi connectivity index (χ1v) is 3.26. The van der Waals surface area contributed by atoms with Gasteiger partial charge in [0.05, 0.1) is 0 Å². The van der Waals surface area contributed by atoms with Gasteiger partial charge >= 0.3 is 0 Å². The van der Waals surface area contributed by atoms with E-state index in [2.05, 4.69) is 9.97 Å². The quantitative estimate of drug-likeness (QED) is 0.624. The second-order valence-electron chi connectivity index (χ2n) is 1.88. The summed E-state index contributed by atoms with van der Waals surface area (Å²) >= 11 is 5.39. The lowest BCUT2D eigenvalue weighted by Gasteiger charge is -1.94. The first-order chi connectivity index (χ1) is 5.63. The molecule has 0 aliphatic carbocycles. The van der Waals surface area contributed by atoms with Crippen molar-refractivity contribution in [3.05, 3.63) is 22.7 Å². The van der Waals surface area contributed by atoms with Crippen LogP contribution in [0.15, 0.2) is 6.07 Å². The predicted molar refractivity (Wildman–Crippen MR) is 40.3 cm³/mol. The fraction of sp³-hybridized carbons (Fsp3) is 0. The summed E-state index contributed by atoms with van der Waals surface area (Å²) in [6.07, 6.45) is 0. The molecule has 0 radical (unpaired) electrons. The Bertz CT molecular complexity index is 370. The number of nitriles is 1. The Hall–Kier alpha value is -1.67. The maximum atomic E-state index is 10.6. The van der Waals surface area contributed by atoms with Crippen LogP contribution < -0.4 is 5.73 Å². The third-order valence-corrected chi connectivity index (χ3v) is 1.23. The number of carbonyl (C=O) groups is 1. The standard InChI is InChI=1S/C6H3ClN4O/c7-6-10-3(2-8)1-4(11-6)5(9)12/h1H,(H2,9,12). The molecular weight excluding hydrogens is 180 g/mol. The van der Waals surface area contributed by atoms with Crippen LogP contribution in [0.3, 0.4) is 0 Å². The maximum absolute atomic E-state index is 10.6. The van der Waals surface area contributed by atoms with Gasteiger partial charge in [-0.15, -0.1) is 0 Å². The SMILES string of the molecule is N#Cc1cc(C(N)=O)nc(Cl)n1. The molecule has 0 aromatic carbocycles. The smallest absolute Gasteiger partial charge is 0.267 e. The van der Waals surface area contributed by atoms with Crippen LogP contribution in [-0.4, -0.2) is 15.9 Å². The zero-order chi connectivity index (χ0) is 9.14. The zero-order valence-electron chi connectivity index (χ0n) is 5.78. The van der Waals surface area contributed by atoms with Crippen LogP contribution in [0.25, 0.3) is 0 Å². The molecule has 12 heavy (non-hydrogen) atoms. The molecule has 0 fully saturated rings. The molecule has 1 heterocycles. The molecule has 0 atom stereocenters. The van der Waals surface area contributed by atoms with Crippen molar-refractivity contribution in [3.63, 3.8) is 0 Å². The number of aromatic nitrogens is 2. The Balaban J connectivity index is 3.26. The molecule has 60 valence electrons. The number of halogens is 1.